The average Bonchev–Trinajstić information content (AvgIpc) is 2.62. The van der Waals surface area contributed by atoms with E-state index >= 15 is 0 Å². The van der Waals surface area contributed by atoms with Crippen molar-refractivity contribution in [1.82, 2.24) is 10.3 Å². The number of thiazole rings is 1. The van der Waals surface area contributed by atoms with Gasteiger partial charge in [0, 0.05) is 25.5 Å². The molecule has 0 aromatic carbocycles. The van der Waals surface area contributed by atoms with Crippen molar-refractivity contribution in [2.24, 2.45) is 0 Å². The molecule has 1 rings (SSSR count). The summed E-state index contributed by atoms with van der Waals surface area (Å²) in [5.74, 6) is 0.503. The van der Waals surface area contributed by atoms with Gasteiger partial charge in [0.25, 0.3) is 0 Å². The summed E-state index contributed by atoms with van der Waals surface area (Å²) >= 11 is 1.80. The zero-order valence-electron chi connectivity index (χ0n) is 11.0. The van der Waals surface area contributed by atoms with Crippen LogP contribution in [-0.2, 0) is 6.54 Å². The molecule has 0 amide bonds. The molecule has 92 valence electrons. The summed E-state index contributed by atoms with van der Waals surface area (Å²) < 4.78 is 0. The molecule has 0 saturated heterocycles. The summed E-state index contributed by atoms with van der Waals surface area (Å²) in [6.07, 6.45) is 1.18. The summed E-state index contributed by atoms with van der Waals surface area (Å²) in [6, 6.07) is 0. The van der Waals surface area contributed by atoms with Gasteiger partial charge in [-0.1, -0.05) is 20.8 Å². The topological polar surface area (TPSA) is 28.2 Å². The maximum absolute atomic E-state index is 4.69. The zero-order chi connectivity index (χ0) is 12.1. The van der Waals surface area contributed by atoms with Gasteiger partial charge in [0.05, 0.1) is 5.69 Å². The highest BCUT2D eigenvalue weighted by Gasteiger charge is 2.14. The Hall–Kier alpha value is -0.610. The standard InChI is InChI=1S/C12H23N3S/c1-6-7-13-8-10-11(9(2)3)14-12(16-10)15(4)5/h9,13H,6-8H2,1-5H3. The van der Waals surface area contributed by atoms with Crippen molar-refractivity contribution in [2.75, 3.05) is 25.5 Å². The molecule has 1 aromatic rings. The first-order valence-electron chi connectivity index (χ1n) is 5.93. The first-order chi connectivity index (χ1) is 7.56. The lowest BCUT2D eigenvalue weighted by atomic mass is 10.1. The Morgan fingerprint density at radius 2 is 2.06 bits per heavy atom. The van der Waals surface area contributed by atoms with Gasteiger partial charge in [0.1, 0.15) is 0 Å². The van der Waals surface area contributed by atoms with Crippen LogP contribution in [0.3, 0.4) is 0 Å². The minimum atomic E-state index is 0.503. The first kappa shape index (κ1) is 13.5. The zero-order valence-corrected chi connectivity index (χ0v) is 11.8. The van der Waals surface area contributed by atoms with Crippen LogP contribution in [0.15, 0.2) is 0 Å². The van der Waals surface area contributed by atoms with Gasteiger partial charge in [-0.25, -0.2) is 4.98 Å². The monoisotopic (exact) mass is 241 g/mol. The summed E-state index contributed by atoms with van der Waals surface area (Å²) in [7, 11) is 4.10. The summed E-state index contributed by atoms with van der Waals surface area (Å²) in [6.45, 7) is 8.63. The van der Waals surface area contributed by atoms with Crippen LogP contribution in [0.5, 0.6) is 0 Å². The quantitative estimate of drug-likeness (QED) is 0.776. The highest BCUT2D eigenvalue weighted by molar-refractivity contribution is 7.15. The molecule has 0 atom stereocenters. The van der Waals surface area contributed by atoms with E-state index in [0.717, 1.165) is 18.2 Å². The van der Waals surface area contributed by atoms with E-state index in [1.165, 1.54) is 17.0 Å². The molecule has 1 N–H and O–H groups in total. The van der Waals surface area contributed by atoms with Gasteiger partial charge < -0.3 is 10.2 Å². The third kappa shape index (κ3) is 3.46. The molecule has 1 heterocycles. The van der Waals surface area contributed by atoms with Crippen molar-refractivity contribution in [2.45, 2.75) is 39.7 Å². The van der Waals surface area contributed by atoms with Crippen LogP contribution in [-0.4, -0.2) is 25.6 Å². The first-order valence-corrected chi connectivity index (χ1v) is 6.75. The number of nitrogens with zero attached hydrogens (tertiary/aromatic N) is 2. The molecule has 0 aliphatic heterocycles. The van der Waals surface area contributed by atoms with E-state index in [9.17, 15) is 0 Å². The van der Waals surface area contributed by atoms with Gasteiger partial charge in [-0.3, -0.25) is 0 Å². The number of hydrogen-bond acceptors (Lipinski definition) is 4. The Bertz CT molecular complexity index is 318. The lowest BCUT2D eigenvalue weighted by Crippen LogP contribution is -2.14. The predicted molar refractivity (Wildman–Crippen MR) is 72.5 cm³/mol. The van der Waals surface area contributed by atoms with Crippen molar-refractivity contribution >= 4 is 16.5 Å². The molecule has 0 radical (unpaired) electrons. The van der Waals surface area contributed by atoms with Gasteiger partial charge in [-0.2, -0.15) is 0 Å². The van der Waals surface area contributed by atoms with Crippen LogP contribution in [0.25, 0.3) is 0 Å². The second kappa shape index (κ2) is 6.21. The van der Waals surface area contributed by atoms with Crippen molar-refractivity contribution in [3.05, 3.63) is 10.6 Å². The van der Waals surface area contributed by atoms with Crippen LogP contribution in [0.1, 0.15) is 43.7 Å². The molecule has 16 heavy (non-hydrogen) atoms. The lowest BCUT2D eigenvalue weighted by molar-refractivity contribution is 0.670. The van der Waals surface area contributed by atoms with E-state index in [4.69, 9.17) is 4.98 Å². The van der Waals surface area contributed by atoms with Crippen LogP contribution >= 0.6 is 11.3 Å². The Morgan fingerprint density at radius 1 is 1.38 bits per heavy atom. The van der Waals surface area contributed by atoms with E-state index in [1.807, 2.05) is 14.1 Å². The molecule has 0 unspecified atom stereocenters. The Balaban J connectivity index is 2.79. The highest BCUT2D eigenvalue weighted by atomic mass is 32.1. The average molecular weight is 241 g/mol. The third-order valence-corrected chi connectivity index (χ3v) is 3.60. The van der Waals surface area contributed by atoms with Gasteiger partial charge >= 0.3 is 0 Å². The SMILES string of the molecule is CCCNCc1sc(N(C)C)nc1C(C)C. The number of rotatable bonds is 6. The molecule has 0 saturated carbocycles. The van der Waals surface area contributed by atoms with E-state index in [0.29, 0.717) is 5.92 Å². The highest BCUT2D eigenvalue weighted by Crippen LogP contribution is 2.29. The van der Waals surface area contributed by atoms with Crippen LogP contribution < -0.4 is 10.2 Å². The Labute approximate surface area is 103 Å². The fraction of sp³-hybridized carbons (Fsp3) is 0.750. The molecule has 0 fully saturated rings. The molecule has 0 aliphatic rings. The second-order valence-corrected chi connectivity index (χ2v) is 5.59. The molecule has 1 aromatic heterocycles. The third-order valence-electron chi connectivity index (χ3n) is 2.36. The fourth-order valence-electron chi connectivity index (χ4n) is 1.50. The van der Waals surface area contributed by atoms with Gasteiger partial charge in [-0.15, -0.1) is 11.3 Å². The normalized spacial score (nSPS) is 11.1. The Kier molecular flexibility index (Phi) is 5.22. The maximum Gasteiger partial charge on any atom is 0.185 e. The van der Waals surface area contributed by atoms with Gasteiger partial charge in [0.2, 0.25) is 0 Å². The summed E-state index contributed by atoms with van der Waals surface area (Å²) in [4.78, 5) is 8.16. The number of aromatic nitrogens is 1. The molecule has 3 nitrogen and oxygen atoms in total. The summed E-state index contributed by atoms with van der Waals surface area (Å²) in [5, 5.41) is 4.56. The lowest BCUT2D eigenvalue weighted by Gasteiger charge is -2.06. The number of anilines is 1. The molecule has 0 bridgehead atoms. The molecule has 0 aliphatic carbocycles. The van der Waals surface area contributed by atoms with E-state index in [-0.39, 0.29) is 0 Å². The van der Waals surface area contributed by atoms with E-state index < -0.39 is 0 Å². The van der Waals surface area contributed by atoms with Gasteiger partial charge in [0.15, 0.2) is 5.13 Å². The predicted octanol–water partition coefficient (Wildman–Crippen LogP) is 2.83. The molecule has 0 spiro atoms. The van der Waals surface area contributed by atoms with Crippen LogP contribution in [0.4, 0.5) is 5.13 Å². The summed E-state index contributed by atoms with van der Waals surface area (Å²) in [5.41, 5.74) is 1.25. The van der Waals surface area contributed by atoms with Crippen LogP contribution in [0, 0.1) is 0 Å². The van der Waals surface area contributed by atoms with Crippen molar-refractivity contribution in [1.29, 1.82) is 0 Å². The fourth-order valence-corrected chi connectivity index (χ4v) is 2.61. The van der Waals surface area contributed by atoms with Crippen molar-refractivity contribution in [3.63, 3.8) is 0 Å². The van der Waals surface area contributed by atoms with Crippen molar-refractivity contribution in [3.8, 4) is 0 Å². The minimum Gasteiger partial charge on any atom is -0.354 e. The molecular formula is C12H23N3S. The van der Waals surface area contributed by atoms with E-state index in [1.54, 1.807) is 11.3 Å². The smallest absolute Gasteiger partial charge is 0.185 e. The molecule has 4 heteroatoms. The van der Waals surface area contributed by atoms with Gasteiger partial charge in [-0.05, 0) is 18.9 Å². The molecular weight excluding hydrogens is 218 g/mol. The number of nitrogens with one attached hydrogen (secondary N) is 1. The largest absolute Gasteiger partial charge is 0.354 e. The maximum atomic E-state index is 4.69. The van der Waals surface area contributed by atoms with Crippen molar-refractivity contribution < 1.29 is 0 Å². The minimum absolute atomic E-state index is 0.503. The Morgan fingerprint density at radius 3 is 2.56 bits per heavy atom. The van der Waals surface area contributed by atoms with Crippen LogP contribution in [0.2, 0.25) is 0 Å². The van der Waals surface area contributed by atoms with E-state index in [2.05, 4.69) is 31.0 Å². The number of hydrogen-bond donors (Lipinski definition) is 1. The second-order valence-electron chi connectivity index (χ2n) is 4.53.